The van der Waals surface area contributed by atoms with Crippen molar-refractivity contribution in [3.05, 3.63) is 0 Å². The van der Waals surface area contributed by atoms with Gasteiger partial charge in [-0.05, 0) is 43.9 Å². The van der Waals surface area contributed by atoms with E-state index in [1.54, 1.807) is 0 Å². The molecule has 1 saturated carbocycles. The van der Waals surface area contributed by atoms with Gasteiger partial charge in [0, 0.05) is 34.4 Å². The fraction of sp³-hybridized carbons (Fsp3) is 1.00. The van der Waals surface area contributed by atoms with Gasteiger partial charge in [-0.2, -0.15) is 0 Å². The summed E-state index contributed by atoms with van der Waals surface area (Å²) in [6, 6.07) is 1.37. The molecule has 0 aromatic heterocycles. The van der Waals surface area contributed by atoms with Gasteiger partial charge in [-0.15, -0.1) is 0 Å². The minimum atomic E-state index is -0.523. The van der Waals surface area contributed by atoms with Crippen LogP contribution in [0, 0.1) is 11.8 Å². The first-order chi connectivity index (χ1) is 8.65. The Balaban J connectivity index is 1.75. The Morgan fingerprint density at radius 2 is 1.61 bits per heavy atom. The van der Waals surface area contributed by atoms with Crippen molar-refractivity contribution in [1.82, 2.24) is 5.32 Å². The van der Waals surface area contributed by atoms with E-state index in [0.717, 1.165) is 42.2 Å². The maximum Gasteiger partial charge on any atom is 0.0249 e. The predicted octanol–water partition coefficient (Wildman–Crippen LogP) is 3.09. The normalized spacial score (nSPS) is 38.6. The molecule has 2 nitrogen and oxygen atoms in total. The van der Waals surface area contributed by atoms with Crippen LogP contribution in [-0.2, 0) is 10.8 Å². The third kappa shape index (κ3) is 4.34. The maximum atomic E-state index is 11.4. The quantitative estimate of drug-likeness (QED) is 0.799. The third-order valence-electron chi connectivity index (χ3n) is 4.82. The molecule has 2 unspecified atom stereocenters. The van der Waals surface area contributed by atoms with Gasteiger partial charge < -0.3 is 5.32 Å². The third-order valence-corrected chi connectivity index (χ3v) is 6.20. The van der Waals surface area contributed by atoms with E-state index in [1.807, 2.05) is 0 Å². The minimum Gasteiger partial charge on any atom is -0.311 e. The van der Waals surface area contributed by atoms with Gasteiger partial charge in [-0.3, -0.25) is 4.21 Å². The topological polar surface area (TPSA) is 29.1 Å². The van der Waals surface area contributed by atoms with Crippen molar-refractivity contribution in [2.75, 3.05) is 11.5 Å². The number of hydrogen-bond acceptors (Lipinski definition) is 2. The largest absolute Gasteiger partial charge is 0.311 e. The highest BCUT2D eigenvalue weighted by molar-refractivity contribution is 7.85. The molecule has 1 aliphatic heterocycles. The SMILES string of the molecule is CC(C)C1CCCC(NC2CCS(=O)CC2)CC1. The summed E-state index contributed by atoms with van der Waals surface area (Å²) in [5, 5.41) is 3.84. The first-order valence-electron chi connectivity index (χ1n) is 7.76. The van der Waals surface area contributed by atoms with Gasteiger partial charge in [0.2, 0.25) is 0 Å². The Labute approximate surface area is 115 Å². The molecule has 0 bridgehead atoms. The molecule has 1 N–H and O–H groups in total. The lowest BCUT2D eigenvalue weighted by atomic mass is 9.89. The molecule has 0 aromatic carbocycles. The monoisotopic (exact) mass is 271 g/mol. The van der Waals surface area contributed by atoms with Crippen molar-refractivity contribution in [2.45, 2.75) is 70.9 Å². The van der Waals surface area contributed by atoms with Gasteiger partial charge in [0.05, 0.1) is 0 Å². The molecule has 0 amide bonds. The van der Waals surface area contributed by atoms with Crippen LogP contribution in [0.4, 0.5) is 0 Å². The van der Waals surface area contributed by atoms with Crippen LogP contribution in [0.2, 0.25) is 0 Å². The van der Waals surface area contributed by atoms with Crippen LogP contribution in [0.5, 0.6) is 0 Å². The predicted molar refractivity (Wildman–Crippen MR) is 79.2 cm³/mol. The average Bonchev–Trinajstić information content (AvgIpc) is 2.58. The number of nitrogens with one attached hydrogen (secondary N) is 1. The molecular weight excluding hydrogens is 242 g/mol. The zero-order chi connectivity index (χ0) is 13.0. The summed E-state index contributed by atoms with van der Waals surface area (Å²) in [5.41, 5.74) is 0. The molecule has 0 aromatic rings. The second kappa shape index (κ2) is 7.04. The smallest absolute Gasteiger partial charge is 0.0249 e. The van der Waals surface area contributed by atoms with E-state index < -0.39 is 10.8 Å². The molecule has 1 aliphatic carbocycles. The van der Waals surface area contributed by atoms with Crippen molar-refractivity contribution in [1.29, 1.82) is 0 Å². The lowest BCUT2D eigenvalue weighted by molar-refractivity contribution is 0.330. The summed E-state index contributed by atoms with van der Waals surface area (Å²) in [7, 11) is -0.523. The van der Waals surface area contributed by atoms with Crippen molar-refractivity contribution in [2.24, 2.45) is 11.8 Å². The van der Waals surface area contributed by atoms with Gasteiger partial charge in [-0.25, -0.2) is 0 Å². The van der Waals surface area contributed by atoms with Crippen LogP contribution in [0.15, 0.2) is 0 Å². The Kier molecular flexibility index (Phi) is 5.68. The zero-order valence-corrected chi connectivity index (χ0v) is 12.8. The van der Waals surface area contributed by atoms with Crippen LogP contribution in [0.1, 0.15) is 58.8 Å². The van der Waals surface area contributed by atoms with Crippen LogP contribution in [-0.4, -0.2) is 27.8 Å². The van der Waals surface area contributed by atoms with Crippen LogP contribution in [0.25, 0.3) is 0 Å². The van der Waals surface area contributed by atoms with Crippen molar-refractivity contribution >= 4 is 10.8 Å². The Hall–Kier alpha value is 0.110. The highest BCUT2D eigenvalue weighted by atomic mass is 32.2. The summed E-state index contributed by atoms with van der Waals surface area (Å²) < 4.78 is 11.4. The number of hydrogen-bond donors (Lipinski definition) is 1. The lowest BCUT2D eigenvalue weighted by Gasteiger charge is -2.28. The van der Waals surface area contributed by atoms with Gasteiger partial charge in [0.15, 0.2) is 0 Å². The molecule has 1 heterocycles. The first-order valence-corrected chi connectivity index (χ1v) is 9.25. The fourth-order valence-electron chi connectivity index (χ4n) is 3.46. The fourth-order valence-corrected chi connectivity index (χ4v) is 4.76. The summed E-state index contributed by atoms with van der Waals surface area (Å²) in [6.45, 7) is 4.74. The number of rotatable bonds is 3. The van der Waals surface area contributed by atoms with E-state index in [9.17, 15) is 4.21 Å². The summed E-state index contributed by atoms with van der Waals surface area (Å²) in [6.07, 6.45) is 9.15. The standard InChI is InChI=1S/C15H29NOS/c1-12(2)13-4-3-5-14(7-6-13)16-15-8-10-18(17)11-9-15/h12-16H,3-11H2,1-2H3. The Morgan fingerprint density at radius 3 is 2.28 bits per heavy atom. The summed E-state index contributed by atoms with van der Waals surface area (Å²) >= 11 is 0. The van der Waals surface area contributed by atoms with Gasteiger partial charge in [0.25, 0.3) is 0 Å². The minimum absolute atomic E-state index is 0.523. The van der Waals surface area contributed by atoms with Crippen LogP contribution < -0.4 is 5.32 Å². The maximum absolute atomic E-state index is 11.4. The second-order valence-electron chi connectivity index (χ2n) is 6.50. The zero-order valence-electron chi connectivity index (χ0n) is 12.0. The second-order valence-corrected chi connectivity index (χ2v) is 8.19. The van der Waals surface area contributed by atoms with Crippen molar-refractivity contribution in [3.63, 3.8) is 0 Å². The van der Waals surface area contributed by atoms with E-state index in [2.05, 4.69) is 19.2 Å². The molecule has 2 fully saturated rings. The molecular formula is C15H29NOS. The summed E-state index contributed by atoms with van der Waals surface area (Å²) in [4.78, 5) is 0. The van der Waals surface area contributed by atoms with Gasteiger partial charge in [0.1, 0.15) is 0 Å². The molecule has 0 spiro atoms. The van der Waals surface area contributed by atoms with Crippen molar-refractivity contribution < 1.29 is 4.21 Å². The molecule has 3 heteroatoms. The lowest BCUT2D eigenvalue weighted by Crippen LogP contribution is -2.42. The van der Waals surface area contributed by atoms with E-state index >= 15 is 0 Å². The van der Waals surface area contributed by atoms with E-state index in [1.165, 1.54) is 32.1 Å². The Bertz CT molecular complexity index is 270. The first kappa shape index (κ1) is 14.5. The highest BCUT2D eigenvalue weighted by Gasteiger charge is 2.24. The van der Waals surface area contributed by atoms with Crippen molar-refractivity contribution in [3.8, 4) is 0 Å². The molecule has 2 rings (SSSR count). The average molecular weight is 271 g/mol. The van der Waals surface area contributed by atoms with E-state index in [-0.39, 0.29) is 0 Å². The molecule has 2 atom stereocenters. The van der Waals surface area contributed by atoms with Gasteiger partial charge in [-0.1, -0.05) is 26.7 Å². The summed E-state index contributed by atoms with van der Waals surface area (Å²) in [5.74, 6) is 3.62. The van der Waals surface area contributed by atoms with Crippen LogP contribution in [0.3, 0.4) is 0 Å². The van der Waals surface area contributed by atoms with Gasteiger partial charge >= 0.3 is 0 Å². The molecule has 18 heavy (non-hydrogen) atoms. The van der Waals surface area contributed by atoms with Crippen LogP contribution >= 0.6 is 0 Å². The highest BCUT2D eigenvalue weighted by Crippen LogP contribution is 2.29. The Morgan fingerprint density at radius 1 is 0.944 bits per heavy atom. The van der Waals surface area contributed by atoms with E-state index in [4.69, 9.17) is 0 Å². The molecule has 1 saturated heterocycles. The van der Waals surface area contributed by atoms with E-state index in [0.29, 0.717) is 6.04 Å². The molecule has 0 radical (unpaired) electrons. The molecule has 106 valence electrons. The molecule has 2 aliphatic rings.